The van der Waals surface area contributed by atoms with Crippen molar-refractivity contribution in [3.8, 4) is 0 Å². The molecule has 2 atom stereocenters. The number of hydrogen-bond acceptors (Lipinski definition) is 2. The molecule has 2 unspecified atom stereocenters. The SMILES string of the molecule is CC(C)C1CNC(C2CC2)CN1c1cccc(Br)c1. The van der Waals surface area contributed by atoms with Crippen molar-refractivity contribution in [1.29, 1.82) is 0 Å². The number of hydrogen-bond donors (Lipinski definition) is 1. The second kappa shape index (κ2) is 5.45. The van der Waals surface area contributed by atoms with Gasteiger partial charge in [-0.1, -0.05) is 35.8 Å². The van der Waals surface area contributed by atoms with Crippen LogP contribution in [0.5, 0.6) is 0 Å². The van der Waals surface area contributed by atoms with Crippen molar-refractivity contribution in [2.75, 3.05) is 18.0 Å². The Kier molecular flexibility index (Phi) is 3.86. The highest BCUT2D eigenvalue weighted by atomic mass is 79.9. The highest BCUT2D eigenvalue weighted by Crippen LogP contribution is 2.36. The summed E-state index contributed by atoms with van der Waals surface area (Å²) in [7, 11) is 0. The molecular weight excluding hydrogens is 300 g/mol. The van der Waals surface area contributed by atoms with E-state index in [4.69, 9.17) is 0 Å². The minimum atomic E-state index is 0.601. The zero-order valence-electron chi connectivity index (χ0n) is 11.8. The number of anilines is 1. The Balaban J connectivity index is 1.83. The van der Waals surface area contributed by atoms with Crippen molar-refractivity contribution < 1.29 is 0 Å². The first-order chi connectivity index (χ1) is 9.15. The molecule has 1 aliphatic heterocycles. The van der Waals surface area contributed by atoms with Gasteiger partial charge in [-0.3, -0.25) is 0 Å². The summed E-state index contributed by atoms with van der Waals surface area (Å²) in [6.07, 6.45) is 2.83. The molecule has 0 bridgehead atoms. The third-order valence-electron chi connectivity index (χ3n) is 4.48. The molecule has 1 aromatic rings. The van der Waals surface area contributed by atoms with E-state index in [1.165, 1.54) is 23.0 Å². The van der Waals surface area contributed by atoms with Crippen molar-refractivity contribution in [1.82, 2.24) is 5.32 Å². The van der Waals surface area contributed by atoms with Crippen molar-refractivity contribution in [3.63, 3.8) is 0 Å². The van der Waals surface area contributed by atoms with Gasteiger partial charge in [-0.15, -0.1) is 0 Å². The van der Waals surface area contributed by atoms with Crippen LogP contribution in [0.4, 0.5) is 5.69 Å². The predicted octanol–water partition coefficient (Wildman–Crippen LogP) is 3.66. The lowest BCUT2D eigenvalue weighted by atomic mass is 9.96. The Labute approximate surface area is 124 Å². The lowest BCUT2D eigenvalue weighted by Crippen LogP contribution is -2.59. The predicted molar refractivity (Wildman–Crippen MR) is 84.6 cm³/mol. The Morgan fingerprint density at radius 2 is 2.11 bits per heavy atom. The van der Waals surface area contributed by atoms with E-state index in [0.29, 0.717) is 18.0 Å². The molecule has 1 saturated carbocycles. The molecule has 1 aliphatic carbocycles. The highest BCUT2D eigenvalue weighted by molar-refractivity contribution is 9.10. The van der Waals surface area contributed by atoms with E-state index in [2.05, 4.69) is 64.3 Å². The van der Waals surface area contributed by atoms with Crippen LogP contribution in [0.1, 0.15) is 26.7 Å². The minimum absolute atomic E-state index is 0.601. The van der Waals surface area contributed by atoms with Gasteiger partial charge in [0.15, 0.2) is 0 Å². The summed E-state index contributed by atoms with van der Waals surface area (Å²) in [6.45, 7) is 6.93. The third kappa shape index (κ3) is 2.97. The van der Waals surface area contributed by atoms with Gasteiger partial charge in [-0.25, -0.2) is 0 Å². The molecule has 2 fully saturated rings. The van der Waals surface area contributed by atoms with Crippen molar-refractivity contribution in [3.05, 3.63) is 28.7 Å². The van der Waals surface area contributed by atoms with Gasteiger partial charge in [0.1, 0.15) is 0 Å². The maximum Gasteiger partial charge on any atom is 0.0438 e. The molecule has 19 heavy (non-hydrogen) atoms. The van der Waals surface area contributed by atoms with E-state index >= 15 is 0 Å². The Hall–Kier alpha value is -0.540. The van der Waals surface area contributed by atoms with Crippen LogP contribution >= 0.6 is 15.9 Å². The minimum Gasteiger partial charge on any atom is -0.365 e. The molecule has 0 radical (unpaired) electrons. The van der Waals surface area contributed by atoms with E-state index in [9.17, 15) is 0 Å². The van der Waals surface area contributed by atoms with Gasteiger partial charge in [-0.05, 0) is 42.9 Å². The lowest BCUT2D eigenvalue weighted by Gasteiger charge is -2.44. The first-order valence-corrected chi connectivity index (χ1v) is 8.20. The normalized spacial score (nSPS) is 27.9. The van der Waals surface area contributed by atoms with E-state index in [-0.39, 0.29) is 0 Å². The zero-order chi connectivity index (χ0) is 13.4. The van der Waals surface area contributed by atoms with Crippen molar-refractivity contribution in [2.24, 2.45) is 11.8 Å². The van der Waals surface area contributed by atoms with Crippen molar-refractivity contribution >= 4 is 21.6 Å². The maximum absolute atomic E-state index is 3.77. The van der Waals surface area contributed by atoms with Crippen LogP contribution in [0.25, 0.3) is 0 Å². The first kappa shape index (κ1) is 13.4. The molecule has 1 N–H and O–H groups in total. The van der Waals surface area contributed by atoms with E-state index in [1.54, 1.807) is 0 Å². The summed E-state index contributed by atoms with van der Waals surface area (Å²) in [5, 5.41) is 3.77. The van der Waals surface area contributed by atoms with Gasteiger partial charge in [0, 0.05) is 35.3 Å². The number of nitrogens with one attached hydrogen (secondary N) is 1. The largest absolute Gasteiger partial charge is 0.365 e. The molecular formula is C16H23BrN2. The summed E-state index contributed by atoms with van der Waals surface area (Å²) in [4.78, 5) is 2.62. The fourth-order valence-corrected chi connectivity index (χ4v) is 3.54. The smallest absolute Gasteiger partial charge is 0.0438 e. The molecule has 104 valence electrons. The van der Waals surface area contributed by atoms with E-state index in [0.717, 1.165) is 19.0 Å². The summed E-state index contributed by atoms with van der Waals surface area (Å²) < 4.78 is 1.18. The molecule has 1 heterocycles. The van der Waals surface area contributed by atoms with Gasteiger partial charge in [0.05, 0.1) is 0 Å². The summed E-state index contributed by atoms with van der Waals surface area (Å²) in [5.41, 5.74) is 1.36. The molecule has 3 heteroatoms. The Bertz CT molecular complexity index is 442. The monoisotopic (exact) mass is 322 g/mol. The zero-order valence-corrected chi connectivity index (χ0v) is 13.4. The lowest BCUT2D eigenvalue weighted by molar-refractivity contribution is 0.320. The average molecular weight is 323 g/mol. The number of rotatable bonds is 3. The second-order valence-corrected chi connectivity index (χ2v) is 7.21. The molecule has 0 spiro atoms. The Morgan fingerprint density at radius 1 is 1.32 bits per heavy atom. The van der Waals surface area contributed by atoms with E-state index < -0.39 is 0 Å². The van der Waals surface area contributed by atoms with E-state index in [1.807, 2.05) is 0 Å². The number of halogens is 1. The molecule has 2 nitrogen and oxygen atoms in total. The molecule has 1 saturated heterocycles. The van der Waals surface area contributed by atoms with Gasteiger partial charge in [0.25, 0.3) is 0 Å². The maximum atomic E-state index is 3.77. The van der Waals surface area contributed by atoms with Gasteiger partial charge < -0.3 is 10.2 Å². The quantitative estimate of drug-likeness (QED) is 0.913. The van der Waals surface area contributed by atoms with Crippen LogP contribution in [0.3, 0.4) is 0 Å². The Morgan fingerprint density at radius 3 is 2.74 bits per heavy atom. The van der Waals surface area contributed by atoms with Crippen LogP contribution in [-0.4, -0.2) is 25.2 Å². The van der Waals surface area contributed by atoms with Crippen LogP contribution in [0.2, 0.25) is 0 Å². The van der Waals surface area contributed by atoms with Crippen LogP contribution in [0.15, 0.2) is 28.7 Å². The number of benzene rings is 1. The summed E-state index contributed by atoms with van der Waals surface area (Å²) in [5.74, 6) is 1.59. The second-order valence-electron chi connectivity index (χ2n) is 6.30. The standard InChI is InChI=1S/C16H23BrN2/c1-11(2)16-9-18-15(12-6-7-12)10-19(16)14-5-3-4-13(17)8-14/h3-5,8,11-12,15-16,18H,6-7,9-10H2,1-2H3. The molecule has 0 amide bonds. The fourth-order valence-electron chi connectivity index (χ4n) is 3.16. The van der Waals surface area contributed by atoms with Gasteiger partial charge in [-0.2, -0.15) is 0 Å². The molecule has 3 rings (SSSR count). The molecule has 0 aromatic heterocycles. The topological polar surface area (TPSA) is 15.3 Å². The van der Waals surface area contributed by atoms with Gasteiger partial charge in [0.2, 0.25) is 0 Å². The first-order valence-electron chi connectivity index (χ1n) is 7.40. The van der Waals surface area contributed by atoms with Crippen molar-refractivity contribution in [2.45, 2.75) is 38.8 Å². The van der Waals surface area contributed by atoms with Crippen LogP contribution in [-0.2, 0) is 0 Å². The van der Waals surface area contributed by atoms with Crippen LogP contribution < -0.4 is 10.2 Å². The number of piperazine rings is 1. The number of nitrogens with zero attached hydrogens (tertiary/aromatic N) is 1. The third-order valence-corrected chi connectivity index (χ3v) is 4.98. The average Bonchev–Trinajstić information content (AvgIpc) is 3.22. The summed E-state index contributed by atoms with van der Waals surface area (Å²) in [6, 6.07) is 10.0. The molecule has 1 aromatic carbocycles. The molecule has 2 aliphatic rings. The fraction of sp³-hybridized carbons (Fsp3) is 0.625. The highest BCUT2D eigenvalue weighted by Gasteiger charge is 2.38. The van der Waals surface area contributed by atoms with Crippen LogP contribution in [0, 0.1) is 11.8 Å². The summed E-state index contributed by atoms with van der Waals surface area (Å²) >= 11 is 3.60. The van der Waals surface area contributed by atoms with Gasteiger partial charge >= 0.3 is 0 Å².